The van der Waals surface area contributed by atoms with Crippen LogP contribution < -0.4 is 21.2 Å². The number of nitrogens with zero attached hydrogens (tertiary/aromatic N) is 5. The molecule has 0 bridgehead atoms. The summed E-state index contributed by atoms with van der Waals surface area (Å²) in [6.07, 6.45) is 6.29. The van der Waals surface area contributed by atoms with E-state index in [0.717, 1.165) is 123 Å². The summed E-state index contributed by atoms with van der Waals surface area (Å²) in [6, 6.07) is 25.3. The van der Waals surface area contributed by atoms with E-state index in [1.807, 2.05) is 62.4 Å². The van der Waals surface area contributed by atoms with E-state index in [2.05, 4.69) is 67.5 Å². The molecule has 12 nitrogen and oxygen atoms in total. The van der Waals surface area contributed by atoms with Gasteiger partial charge in [-0.3, -0.25) is 33.6 Å². The van der Waals surface area contributed by atoms with Crippen LogP contribution in [0.25, 0.3) is 21.8 Å². The summed E-state index contributed by atoms with van der Waals surface area (Å²) in [5.41, 5.74) is 5.91. The second-order valence-electron chi connectivity index (χ2n) is 18.5. The van der Waals surface area contributed by atoms with Crippen LogP contribution in [-0.4, -0.2) is 88.4 Å². The van der Waals surface area contributed by atoms with Gasteiger partial charge in [-0.2, -0.15) is 0 Å². The molecule has 5 aromatic rings. The summed E-state index contributed by atoms with van der Waals surface area (Å²) < 4.78 is 3.08. The summed E-state index contributed by atoms with van der Waals surface area (Å²) >= 11 is 0. The lowest BCUT2D eigenvalue weighted by Gasteiger charge is -2.39. The third-order valence-electron chi connectivity index (χ3n) is 14.4. The van der Waals surface area contributed by atoms with Crippen LogP contribution in [-0.2, 0) is 21.4 Å². The highest BCUT2D eigenvalue weighted by Crippen LogP contribution is 2.32. The molecule has 4 aliphatic rings. The van der Waals surface area contributed by atoms with Crippen LogP contribution in [0.1, 0.15) is 97.4 Å². The Morgan fingerprint density at radius 2 is 1.52 bits per heavy atom. The molecular weight excluding hydrogens is 803 g/mol. The zero-order valence-electron chi connectivity index (χ0n) is 37.3. The molecule has 0 aliphatic carbocycles. The highest BCUT2D eigenvalue weighted by Gasteiger charge is 2.34. The van der Waals surface area contributed by atoms with Gasteiger partial charge in [-0.15, -0.1) is 0 Å². The molecule has 9 rings (SSSR count). The van der Waals surface area contributed by atoms with Gasteiger partial charge in [-0.25, -0.2) is 4.79 Å². The number of nitrogens with one attached hydrogen (secondary N) is 2. The minimum absolute atomic E-state index is 0.0195. The standard InChI is InChI=1S/C52H59N7O5/c1-34-8-4-5-9-41(34)49(61)53-35(2)42-16-14-38(43-10-6-7-11-44(42)43)13-12-36-20-26-56(27-21-36)33-37-22-28-58(29-23-37)51(63)39-24-30-57(31-25-39)40-15-17-45-47(32-40)55(3)52(64)59(45)46-18-19-48(60)54-50(46)62/h4-11,14-17,32,35-37,39,46H,18-31,33H2,1-3H3,(H,53,61)(H,54,60,62)/t35-,46?/m1/s1. The fourth-order valence-corrected chi connectivity index (χ4v) is 10.6. The molecule has 64 heavy (non-hydrogen) atoms. The summed E-state index contributed by atoms with van der Waals surface area (Å²) in [6.45, 7) is 10.3. The first-order chi connectivity index (χ1) is 31.0. The molecule has 4 amide bonds. The van der Waals surface area contributed by atoms with Crippen LogP contribution in [0, 0.1) is 36.5 Å². The number of carbonyl (C=O) groups is 4. The normalized spacial score (nSPS) is 20.0. The number of aryl methyl sites for hydroxylation is 2. The van der Waals surface area contributed by atoms with E-state index in [4.69, 9.17) is 0 Å². The Kier molecular flexibility index (Phi) is 12.5. The SMILES string of the molecule is Cc1ccccc1C(=O)N[C@H](C)c1ccc(C#CC2CCN(CC3CCN(C(=O)C4CCN(c5ccc6c(c5)n(C)c(=O)n6C5CCC(=O)NC5=O)CC4)CC3)CC2)c2ccccc12. The molecule has 5 heterocycles. The van der Waals surface area contributed by atoms with Gasteiger partial charge in [0.15, 0.2) is 0 Å². The molecule has 0 saturated carbocycles. The van der Waals surface area contributed by atoms with Crippen molar-refractivity contribution in [3.05, 3.63) is 112 Å². The summed E-state index contributed by atoms with van der Waals surface area (Å²) in [5.74, 6) is 7.62. The molecular formula is C52H59N7O5. The van der Waals surface area contributed by atoms with E-state index in [1.54, 1.807) is 11.6 Å². The van der Waals surface area contributed by atoms with Gasteiger partial charge < -0.3 is 20.0 Å². The number of amides is 4. The van der Waals surface area contributed by atoms with Crippen molar-refractivity contribution in [3.8, 4) is 11.8 Å². The minimum atomic E-state index is -0.710. The van der Waals surface area contributed by atoms with Crippen molar-refractivity contribution < 1.29 is 19.2 Å². The molecule has 4 aromatic carbocycles. The van der Waals surface area contributed by atoms with Gasteiger partial charge in [-0.1, -0.05) is 60.4 Å². The molecule has 0 radical (unpaired) electrons. The zero-order valence-corrected chi connectivity index (χ0v) is 37.3. The highest BCUT2D eigenvalue weighted by atomic mass is 16.2. The second kappa shape index (κ2) is 18.5. The van der Waals surface area contributed by atoms with Crippen molar-refractivity contribution in [2.45, 2.75) is 77.3 Å². The lowest BCUT2D eigenvalue weighted by Crippen LogP contribution is -2.47. The predicted octanol–water partition coefficient (Wildman–Crippen LogP) is 6.49. The Labute approximate surface area is 375 Å². The third-order valence-corrected chi connectivity index (χ3v) is 14.4. The van der Waals surface area contributed by atoms with Gasteiger partial charge in [-0.05, 0) is 130 Å². The van der Waals surface area contributed by atoms with Gasteiger partial charge in [0.05, 0.1) is 17.1 Å². The number of hydrogen-bond donors (Lipinski definition) is 2. The Balaban J connectivity index is 0.728. The number of fused-ring (bicyclic) bond motifs is 2. The molecule has 2 N–H and O–H groups in total. The van der Waals surface area contributed by atoms with Crippen molar-refractivity contribution in [1.29, 1.82) is 0 Å². The van der Waals surface area contributed by atoms with Crippen LogP contribution in [0.15, 0.2) is 83.7 Å². The number of piperidine rings is 4. The number of imide groups is 1. The Bertz CT molecular complexity index is 2720. The van der Waals surface area contributed by atoms with E-state index in [1.165, 1.54) is 4.57 Å². The molecule has 332 valence electrons. The molecule has 2 atom stereocenters. The summed E-state index contributed by atoms with van der Waals surface area (Å²) in [4.78, 5) is 71.5. The highest BCUT2D eigenvalue weighted by molar-refractivity contribution is 6.00. The summed E-state index contributed by atoms with van der Waals surface area (Å²) in [5, 5.41) is 7.80. The van der Waals surface area contributed by atoms with Gasteiger partial charge in [0.1, 0.15) is 6.04 Å². The van der Waals surface area contributed by atoms with Crippen LogP contribution in [0.3, 0.4) is 0 Å². The maximum absolute atomic E-state index is 13.7. The Hall–Kier alpha value is -6.19. The number of benzene rings is 4. The number of rotatable bonds is 8. The number of imidazole rings is 1. The second-order valence-corrected chi connectivity index (χ2v) is 18.5. The number of hydrogen-bond acceptors (Lipinski definition) is 7. The average molecular weight is 862 g/mol. The van der Waals surface area contributed by atoms with Crippen molar-refractivity contribution in [3.63, 3.8) is 0 Å². The van der Waals surface area contributed by atoms with Crippen molar-refractivity contribution in [2.75, 3.05) is 50.7 Å². The number of anilines is 1. The molecule has 4 fully saturated rings. The monoisotopic (exact) mass is 861 g/mol. The van der Waals surface area contributed by atoms with Gasteiger partial charge >= 0.3 is 5.69 Å². The number of carbonyl (C=O) groups excluding carboxylic acids is 4. The van der Waals surface area contributed by atoms with Gasteiger partial charge in [0, 0.05) is 74.8 Å². The van der Waals surface area contributed by atoms with Crippen molar-refractivity contribution in [2.24, 2.45) is 24.8 Å². The molecule has 0 spiro atoms. The molecule has 1 unspecified atom stereocenters. The Morgan fingerprint density at radius 1 is 0.797 bits per heavy atom. The lowest BCUT2D eigenvalue weighted by atomic mass is 9.90. The van der Waals surface area contributed by atoms with E-state index in [-0.39, 0.29) is 35.9 Å². The first-order valence-electron chi connectivity index (χ1n) is 23.2. The Morgan fingerprint density at radius 3 is 2.25 bits per heavy atom. The maximum Gasteiger partial charge on any atom is 0.329 e. The van der Waals surface area contributed by atoms with Crippen LogP contribution >= 0.6 is 0 Å². The fraction of sp³-hybridized carbons (Fsp3) is 0.442. The predicted molar refractivity (Wildman–Crippen MR) is 250 cm³/mol. The fourth-order valence-electron chi connectivity index (χ4n) is 10.6. The minimum Gasteiger partial charge on any atom is -0.371 e. The van der Waals surface area contributed by atoms with Crippen molar-refractivity contribution in [1.82, 2.24) is 29.6 Å². The lowest BCUT2D eigenvalue weighted by molar-refractivity contribution is -0.138. The topological polar surface area (TPSA) is 129 Å². The van der Waals surface area contributed by atoms with Crippen molar-refractivity contribution >= 4 is 51.1 Å². The molecule has 12 heteroatoms. The third kappa shape index (κ3) is 8.83. The van der Waals surface area contributed by atoms with E-state index >= 15 is 0 Å². The largest absolute Gasteiger partial charge is 0.371 e. The van der Waals surface area contributed by atoms with Gasteiger partial charge in [0.25, 0.3) is 5.91 Å². The van der Waals surface area contributed by atoms with E-state index < -0.39 is 11.9 Å². The molecule has 1 aromatic heterocycles. The first-order valence-corrected chi connectivity index (χ1v) is 23.2. The first kappa shape index (κ1) is 43.1. The molecule has 4 saturated heterocycles. The molecule has 4 aliphatic heterocycles. The van der Waals surface area contributed by atoms with Crippen LogP contribution in [0.2, 0.25) is 0 Å². The quantitative estimate of drug-likeness (QED) is 0.135. The number of likely N-dealkylation sites (tertiary alicyclic amines) is 2. The zero-order chi connectivity index (χ0) is 44.5. The van der Waals surface area contributed by atoms with Gasteiger partial charge in [0.2, 0.25) is 17.7 Å². The average Bonchev–Trinajstić information content (AvgIpc) is 3.56. The smallest absolute Gasteiger partial charge is 0.329 e. The van der Waals surface area contributed by atoms with E-state index in [0.29, 0.717) is 35.2 Å². The number of aromatic nitrogens is 2. The van der Waals surface area contributed by atoms with Crippen LogP contribution in [0.4, 0.5) is 5.69 Å². The van der Waals surface area contributed by atoms with Crippen LogP contribution in [0.5, 0.6) is 0 Å². The maximum atomic E-state index is 13.7. The van der Waals surface area contributed by atoms with E-state index in [9.17, 15) is 24.0 Å². The summed E-state index contributed by atoms with van der Waals surface area (Å²) in [7, 11) is 1.72.